The van der Waals surface area contributed by atoms with E-state index in [2.05, 4.69) is 25.4 Å². The molecule has 7 nitrogen and oxygen atoms in total. The second kappa shape index (κ2) is 10.3. The molecule has 1 saturated heterocycles. The fraction of sp³-hybridized carbons (Fsp3) is 0.300. The Morgan fingerprint density at radius 1 is 0.929 bits per heavy atom. The van der Waals surface area contributed by atoms with Gasteiger partial charge >= 0.3 is 0 Å². The third-order valence-corrected chi connectivity index (χ3v) is 5.07. The highest BCUT2D eigenvalue weighted by Crippen LogP contribution is 2.33. The predicted octanol–water partition coefficient (Wildman–Crippen LogP) is 1.59. The molecule has 28 heavy (non-hydrogen) atoms. The largest absolute Gasteiger partial charge is 0.412 e. The van der Waals surface area contributed by atoms with E-state index < -0.39 is 0 Å². The zero-order valence-electron chi connectivity index (χ0n) is 15.6. The number of H-pyrrole nitrogens is 1. The van der Waals surface area contributed by atoms with Crippen LogP contribution in [0.2, 0.25) is 5.02 Å². The third kappa shape index (κ3) is 4.95. The lowest BCUT2D eigenvalue weighted by Crippen LogP contribution is -2.44. The molecule has 6 N–H and O–H groups in total. The first kappa shape index (κ1) is 22.0. The SMILES string of the molecule is Clc1ccc(-c2[nH]nc(CCN3CCNCC3)c2-c2ccncc2)cc1.O.O. The number of halogens is 1. The molecule has 0 aliphatic carbocycles. The molecule has 0 unspecified atom stereocenters. The maximum absolute atomic E-state index is 6.05. The highest BCUT2D eigenvalue weighted by Gasteiger charge is 2.18. The Kier molecular flexibility index (Phi) is 8.10. The Labute approximate surface area is 169 Å². The number of aromatic amines is 1. The van der Waals surface area contributed by atoms with Crippen molar-refractivity contribution >= 4 is 11.6 Å². The summed E-state index contributed by atoms with van der Waals surface area (Å²) in [5.41, 5.74) is 5.50. The molecule has 4 rings (SSSR count). The van der Waals surface area contributed by atoms with Crippen LogP contribution in [-0.2, 0) is 6.42 Å². The number of hydrogen-bond acceptors (Lipinski definition) is 4. The number of piperazine rings is 1. The van der Waals surface area contributed by atoms with Gasteiger partial charge in [-0.3, -0.25) is 10.1 Å². The Bertz CT molecular complexity index is 849. The van der Waals surface area contributed by atoms with E-state index in [1.807, 2.05) is 48.8 Å². The van der Waals surface area contributed by atoms with E-state index in [0.29, 0.717) is 0 Å². The van der Waals surface area contributed by atoms with E-state index in [-0.39, 0.29) is 11.0 Å². The van der Waals surface area contributed by atoms with Crippen molar-refractivity contribution in [3.05, 3.63) is 59.5 Å². The molecule has 1 aliphatic rings. The molecular weight excluding hydrogens is 378 g/mol. The molecule has 0 saturated carbocycles. The fourth-order valence-electron chi connectivity index (χ4n) is 3.41. The second-order valence-corrected chi connectivity index (χ2v) is 6.94. The molecule has 0 spiro atoms. The lowest BCUT2D eigenvalue weighted by Gasteiger charge is -2.26. The van der Waals surface area contributed by atoms with Crippen LogP contribution in [0.5, 0.6) is 0 Å². The summed E-state index contributed by atoms with van der Waals surface area (Å²) in [6, 6.07) is 12.0. The Morgan fingerprint density at radius 2 is 1.61 bits per heavy atom. The molecule has 3 aromatic rings. The first-order valence-electron chi connectivity index (χ1n) is 8.98. The van der Waals surface area contributed by atoms with Crippen LogP contribution in [0, 0.1) is 0 Å². The van der Waals surface area contributed by atoms with E-state index in [1.54, 1.807) is 0 Å². The van der Waals surface area contributed by atoms with Gasteiger partial charge in [-0.05, 0) is 29.8 Å². The van der Waals surface area contributed by atoms with Crippen molar-refractivity contribution in [3.63, 3.8) is 0 Å². The van der Waals surface area contributed by atoms with Gasteiger partial charge in [0.25, 0.3) is 0 Å². The molecule has 150 valence electrons. The van der Waals surface area contributed by atoms with E-state index >= 15 is 0 Å². The standard InChI is InChI=1S/C20H22ClN5.2H2O/c21-17-3-1-16(2-4-17)20-19(15-5-8-22-9-6-15)18(24-25-20)7-12-26-13-10-23-11-14-26;;/h1-6,8-9,23H,7,10-14H2,(H,24,25);2*1H2. The number of benzene rings is 1. The molecule has 0 amide bonds. The van der Waals surface area contributed by atoms with Crippen LogP contribution in [0.3, 0.4) is 0 Å². The average Bonchev–Trinajstić information content (AvgIpc) is 3.12. The van der Waals surface area contributed by atoms with Crippen LogP contribution in [-0.4, -0.2) is 63.8 Å². The van der Waals surface area contributed by atoms with Crippen molar-refractivity contribution in [2.45, 2.75) is 6.42 Å². The van der Waals surface area contributed by atoms with Crippen LogP contribution < -0.4 is 5.32 Å². The van der Waals surface area contributed by atoms with Crippen LogP contribution in [0.1, 0.15) is 5.69 Å². The lowest BCUT2D eigenvalue weighted by molar-refractivity contribution is 0.243. The minimum Gasteiger partial charge on any atom is -0.412 e. The van der Waals surface area contributed by atoms with E-state index in [0.717, 1.165) is 72.2 Å². The molecule has 0 radical (unpaired) electrons. The summed E-state index contributed by atoms with van der Waals surface area (Å²) in [5.74, 6) is 0. The maximum atomic E-state index is 6.05. The van der Waals surface area contributed by atoms with E-state index in [4.69, 9.17) is 11.6 Å². The number of pyridine rings is 1. The summed E-state index contributed by atoms with van der Waals surface area (Å²) in [7, 11) is 0. The summed E-state index contributed by atoms with van der Waals surface area (Å²) in [4.78, 5) is 6.64. The van der Waals surface area contributed by atoms with Crippen molar-refractivity contribution in [2.24, 2.45) is 0 Å². The number of nitrogens with zero attached hydrogens (tertiary/aromatic N) is 3. The van der Waals surface area contributed by atoms with Crippen LogP contribution >= 0.6 is 11.6 Å². The molecule has 8 heteroatoms. The minimum absolute atomic E-state index is 0. The van der Waals surface area contributed by atoms with Gasteiger partial charge in [0.15, 0.2) is 0 Å². The summed E-state index contributed by atoms with van der Waals surface area (Å²) in [5, 5.41) is 12.0. The van der Waals surface area contributed by atoms with Gasteiger partial charge in [0, 0.05) is 67.7 Å². The normalized spacial score (nSPS) is 14.2. The number of nitrogens with one attached hydrogen (secondary N) is 2. The van der Waals surface area contributed by atoms with Gasteiger partial charge in [-0.2, -0.15) is 5.10 Å². The minimum atomic E-state index is 0. The van der Waals surface area contributed by atoms with Gasteiger partial charge in [0.05, 0.1) is 11.4 Å². The average molecular weight is 404 g/mol. The summed E-state index contributed by atoms with van der Waals surface area (Å²) in [6.07, 6.45) is 4.57. The number of hydrogen-bond donors (Lipinski definition) is 2. The lowest BCUT2D eigenvalue weighted by atomic mass is 9.98. The van der Waals surface area contributed by atoms with Crippen molar-refractivity contribution < 1.29 is 11.0 Å². The smallest absolute Gasteiger partial charge is 0.0731 e. The number of rotatable bonds is 5. The predicted molar refractivity (Wildman–Crippen MR) is 113 cm³/mol. The molecule has 0 atom stereocenters. The fourth-order valence-corrected chi connectivity index (χ4v) is 3.54. The summed E-state index contributed by atoms with van der Waals surface area (Å²) in [6.45, 7) is 5.34. The topological polar surface area (TPSA) is 120 Å². The monoisotopic (exact) mass is 403 g/mol. The van der Waals surface area contributed by atoms with Gasteiger partial charge in [-0.1, -0.05) is 23.7 Å². The Morgan fingerprint density at radius 3 is 2.29 bits per heavy atom. The third-order valence-electron chi connectivity index (χ3n) is 4.82. The highest BCUT2D eigenvalue weighted by atomic mass is 35.5. The quantitative estimate of drug-likeness (QED) is 0.671. The van der Waals surface area contributed by atoms with Crippen molar-refractivity contribution in [2.75, 3.05) is 32.7 Å². The Balaban J connectivity index is 0.00000140. The first-order chi connectivity index (χ1) is 12.8. The van der Waals surface area contributed by atoms with Crippen LogP contribution in [0.25, 0.3) is 22.4 Å². The zero-order chi connectivity index (χ0) is 17.8. The first-order valence-corrected chi connectivity index (χ1v) is 9.36. The number of aromatic nitrogens is 3. The van der Waals surface area contributed by atoms with Crippen LogP contribution in [0.4, 0.5) is 0 Å². The molecule has 3 heterocycles. The molecular formula is C20H26ClN5O2. The van der Waals surface area contributed by atoms with Crippen molar-refractivity contribution in [3.8, 4) is 22.4 Å². The molecule has 0 bridgehead atoms. The second-order valence-electron chi connectivity index (χ2n) is 6.50. The highest BCUT2D eigenvalue weighted by molar-refractivity contribution is 6.30. The van der Waals surface area contributed by atoms with Crippen LogP contribution in [0.15, 0.2) is 48.8 Å². The van der Waals surface area contributed by atoms with Crippen molar-refractivity contribution in [1.82, 2.24) is 25.4 Å². The summed E-state index contributed by atoms with van der Waals surface area (Å²) >= 11 is 6.05. The van der Waals surface area contributed by atoms with Gasteiger partial charge in [-0.15, -0.1) is 0 Å². The van der Waals surface area contributed by atoms with Gasteiger partial charge < -0.3 is 21.2 Å². The zero-order valence-corrected chi connectivity index (χ0v) is 16.3. The summed E-state index contributed by atoms with van der Waals surface area (Å²) < 4.78 is 0. The maximum Gasteiger partial charge on any atom is 0.0731 e. The van der Waals surface area contributed by atoms with Gasteiger partial charge in [-0.25, -0.2) is 0 Å². The van der Waals surface area contributed by atoms with Gasteiger partial charge in [0.2, 0.25) is 0 Å². The molecule has 1 aliphatic heterocycles. The van der Waals surface area contributed by atoms with E-state index in [9.17, 15) is 0 Å². The Hall–Kier alpha value is -2.29. The molecule has 1 aromatic carbocycles. The van der Waals surface area contributed by atoms with E-state index in [1.165, 1.54) is 0 Å². The molecule has 2 aromatic heterocycles. The molecule has 1 fully saturated rings. The van der Waals surface area contributed by atoms with Gasteiger partial charge in [0.1, 0.15) is 0 Å². The van der Waals surface area contributed by atoms with Crippen molar-refractivity contribution in [1.29, 1.82) is 0 Å².